The van der Waals surface area contributed by atoms with E-state index in [1.54, 1.807) is 11.3 Å². The lowest BCUT2D eigenvalue weighted by molar-refractivity contribution is -0.155. The van der Waals surface area contributed by atoms with Crippen LogP contribution in [0, 0.1) is 17.8 Å². The predicted molar refractivity (Wildman–Crippen MR) is 127 cm³/mol. The SMILES string of the molecule is C[C@H]1C2C[C@@]3(O[C@H](C4CCNCC4)N=C3C[C@@H]1c1ccccc1)N(Cc1cccs1)C2=O. The second-order valence-electron chi connectivity index (χ2n) is 9.85. The van der Waals surface area contributed by atoms with Crippen LogP contribution in [0.5, 0.6) is 0 Å². The first-order valence-electron chi connectivity index (χ1n) is 12.0. The normalized spacial score (nSPS) is 35.0. The van der Waals surface area contributed by atoms with E-state index in [2.05, 4.69) is 60.1 Å². The number of carbonyl (C=O) groups is 1. The lowest BCUT2D eigenvalue weighted by Gasteiger charge is -2.38. The van der Waals surface area contributed by atoms with Crippen molar-refractivity contribution in [2.45, 2.75) is 57.0 Å². The Morgan fingerprint density at radius 3 is 2.72 bits per heavy atom. The summed E-state index contributed by atoms with van der Waals surface area (Å²) in [4.78, 5) is 22.4. The van der Waals surface area contributed by atoms with Gasteiger partial charge in [0.2, 0.25) is 5.91 Å². The summed E-state index contributed by atoms with van der Waals surface area (Å²) in [6, 6.07) is 14.9. The van der Waals surface area contributed by atoms with E-state index >= 15 is 0 Å². The van der Waals surface area contributed by atoms with Crippen LogP contribution in [0.1, 0.15) is 49.0 Å². The number of rotatable bonds is 4. The highest BCUT2D eigenvalue weighted by Crippen LogP contribution is 2.53. The third-order valence-electron chi connectivity index (χ3n) is 8.16. The third kappa shape index (κ3) is 3.27. The van der Waals surface area contributed by atoms with E-state index in [0.717, 1.165) is 44.5 Å². The van der Waals surface area contributed by atoms with Crippen LogP contribution in [0.4, 0.5) is 0 Å². The Bertz CT molecular complexity index is 1000. The molecule has 2 saturated heterocycles. The Labute approximate surface area is 193 Å². The molecule has 5 nitrogen and oxygen atoms in total. The van der Waals surface area contributed by atoms with Gasteiger partial charge in [0, 0.05) is 23.1 Å². The molecule has 4 heterocycles. The predicted octanol–water partition coefficient (Wildman–Crippen LogP) is 4.41. The Morgan fingerprint density at radius 1 is 1.16 bits per heavy atom. The zero-order chi connectivity index (χ0) is 21.7. The summed E-state index contributed by atoms with van der Waals surface area (Å²) in [5, 5.41) is 5.54. The van der Waals surface area contributed by atoms with E-state index in [9.17, 15) is 4.79 Å². The zero-order valence-corrected chi connectivity index (χ0v) is 19.4. The van der Waals surface area contributed by atoms with Crippen molar-refractivity contribution in [3.8, 4) is 0 Å². The zero-order valence-electron chi connectivity index (χ0n) is 18.6. The summed E-state index contributed by atoms with van der Waals surface area (Å²) in [7, 11) is 0. The number of amides is 1. The van der Waals surface area contributed by atoms with E-state index in [1.165, 1.54) is 10.4 Å². The second-order valence-corrected chi connectivity index (χ2v) is 10.9. The summed E-state index contributed by atoms with van der Waals surface area (Å²) >= 11 is 1.71. The van der Waals surface area contributed by atoms with E-state index in [4.69, 9.17) is 9.73 Å². The fourth-order valence-corrected chi connectivity index (χ4v) is 7.01. The number of fused-ring (bicyclic) bond motifs is 1. The van der Waals surface area contributed by atoms with Crippen LogP contribution in [-0.2, 0) is 16.1 Å². The molecule has 168 valence electrons. The van der Waals surface area contributed by atoms with Crippen LogP contribution >= 0.6 is 11.3 Å². The largest absolute Gasteiger partial charge is 0.325 e. The number of piperidine rings is 1. The molecule has 1 aliphatic carbocycles. The van der Waals surface area contributed by atoms with Crippen LogP contribution in [0.2, 0.25) is 0 Å². The highest BCUT2D eigenvalue weighted by atomic mass is 32.1. The summed E-state index contributed by atoms with van der Waals surface area (Å²) in [6.45, 7) is 4.92. The Hall–Kier alpha value is -2.02. The summed E-state index contributed by atoms with van der Waals surface area (Å²) in [5.41, 5.74) is 1.75. The van der Waals surface area contributed by atoms with Gasteiger partial charge in [0.05, 0.1) is 12.3 Å². The van der Waals surface area contributed by atoms with Gasteiger partial charge >= 0.3 is 0 Å². The maximum absolute atomic E-state index is 13.9. The molecule has 1 unspecified atom stereocenters. The van der Waals surface area contributed by atoms with Gasteiger partial charge < -0.3 is 15.0 Å². The molecule has 6 rings (SSSR count). The Morgan fingerprint density at radius 2 is 1.97 bits per heavy atom. The van der Waals surface area contributed by atoms with E-state index < -0.39 is 5.72 Å². The van der Waals surface area contributed by atoms with Gasteiger partial charge in [0.1, 0.15) is 0 Å². The number of benzene rings is 1. The number of likely N-dealkylation sites (tertiary alicyclic amines) is 1. The summed E-state index contributed by atoms with van der Waals surface area (Å²) < 4.78 is 6.91. The molecule has 3 fully saturated rings. The molecule has 2 aromatic rings. The minimum absolute atomic E-state index is 0.0281. The van der Waals surface area contributed by atoms with Crippen molar-refractivity contribution in [3.05, 3.63) is 58.3 Å². The molecule has 1 aromatic heterocycles. The van der Waals surface area contributed by atoms with Gasteiger partial charge in [-0.3, -0.25) is 9.79 Å². The van der Waals surface area contributed by atoms with Crippen molar-refractivity contribution >= 4 is 23.0 Å². The number of aliphatic imine (C=N–C) groups is 1. The number of thiophene rings is 1. The molecule has 1 amide bonds. The second kappa shape index (κ2) is 8.08. The molecule has 3 aliphatic heterocycles. The monoisotopic (exact) mass is 449 g/mol. The van der Waals surface area contributed by atoms with Crippen LogP contribution in [0.25, 0.3) is 0 Å². The average Bonchev–Trinajstić information content (AvgIpc) is 3.52. The van der Waals surface area contributed by atoms with Crippen LogP contribution in [-0.4, -0.2) is 41.6 Å². The van der Waals surface area contributed by atoms with Crippen molar-refractivity contribution in [1.82, 2.24) is 10.2 Å². The van der Waals surface area contributed by atoms with Crippen molar-refractivity contribution in [2.75, 3.05) is 13.1 Å². The number of hydrogen-bond donors (Lipinski definition) is 1. The highest BCUT2D eigenvalue weighted by molar-refractivity contribution is 7.09. The number of hydrogen-bond acceptors (Lipinski definition) is 5. The fourth-order valence-electron chi connectivity index (χ4n) is 6.32. The molecular weight excluding hydrogens is 418 g/mol. The molecule has 1 aromatic carbocycles. The first-order valence-corrected chi connectivity index (χ1v) is 12.9. The van der Waals surface area contributed by atoms with Gasteiger partial charge in [-0.05, 0) is 61.2 Å². The fraction of sp³-hybridized carbons (Fsp3) is 0.538. The third-order valence-corrected chi connectivity index (χ3v) is 9.02. The molecule has 2 bridgehead atoms. The van der Waals surface area contributed by atoms with Gasteiger partial charge in [-0.15, -0.1) is 11.3 Å². The lowest BCUT2D eigenvalue weighted by atomic mass is 9.78. The average molecular weight is 450 g/mol. The molecule has 1 saturated carbocycles. The van der Waals surface area contributed by atoms with Crippen LogP contribution in [0.3, 0.4) is 0 Å². The minimum atomic E-state index is -0.668. The Kier molecular flexibility index (Phi) is 5.20. The molecular formula is C26H31N3O2S. The number of nitrogens with one attached hydrogen (secondary N) is 1. The standard InChI is InChI=1S/C26H31N3O2S/c1-17-21(18-6-3-2-4-7-18)14-23-26(31-24(28-23)19-9-11-27-12-10-19)15-22(17)25(30)29(26)16-20-8-5-13-32-20/h2-8,13,17,19,21-22,24,27H,9-12,14-16H2,1H3/t17-,21+,22?,24-,26+/m1/s1. The molecule has 5 atom stereocenters. The van der Waals surface area contributed by atoms with E-state index in [-0.39, 0.29) is 24.0 Å². The van der Waals surface area contributed by atoms with E-state index in [0.29, 0.717) is 18.4 Å². The maximum Gasteiger partial charge on any atom is 0.229 e. The summed E-state index contributed by atoms with van der Waals surface area (Å²) in [5.74, 6) is 1.19. The van der Waals surface area contributed by atoms with Crippen molar-refractivity contribution < 1.29 is 9.53 Å². The minimum Gasteiger partial charge on any atom is -0.325 e. The smallest absolute Gasteiger partial charge is 0.229 e. The lowest BCUT2D eigenvalue weighted by Crippen LogP contribution is -2.52. The molecule has 4 aliphatic rings. The van der Waals surface area contributed by atoms with Crippen molar-refractivity contribution in [1.29, 1.82) is 0 Å². The highest BCUT2D eigenvalue weighted by Gasteiger charge is 2.63. The quantitative estimate of drug-likeness (QED) is 0.752. The van der Waals surface area contributed by atoms with Gasteiger partial charge in [-0.25, -0.2) is 0 Å². The Balaban J connectivity index is 1.40. The van der Waals surface area contributed by atoms with Gasteiger partial charge in [0.25, 0.3) is 0 Å². The van der Waals surface area contributed by atoms with Gasteiger partial charge in [-0.1, -0.05) is 43.3 Å². The number of carbonyl (C=O) groups excluding carboxylic acids is 1. The molecule has 6 heteroatoms. The van der Waals surface area contributed by atoms with Gasteiger partial charge in [0.15, 0.2) is 12.0 Å². The van der Waals surface area contributed by atoms with Crippen molar-refractivity contribution in [3.63, 3.8) is 0 Å². The van der Waals surface area contributed by atoms with Crippen LogP contribution in [0.15, 0.2) is 52.8 Å². The molecule has 32 heavy (non-hydrogen) atoms. The topological polar surface area (TPSA) is 53.9 Å². The maximum atomic E-state index is 13.9. The van der Waals surface area contributed by atoms with E-state index in [1.807, 2.05) is 4.90 Å². The molecule has 1 spiro atoms. The van der Waals surface area contributed by atoms with Crippen LogP contribution < -0.4 is 5.32 Å². The first-order chi connectivity index (χ1) is 15.7. The van der Waals surface area contributed by atoms with Gasteiger partial charge in [-0.2, -0.15) is 0 Å². The molecule has 0 radical (unpaired) electrons. The first kappa shape index (κ1) is 20.6. The number of ether oxygens (including phenoxy) is 1. The molecule has 1 N–H and O–H groups in total. The summed E-state index contributed by atoms with van der Waals surface area (Å²) in [6.07, 6.45) is 3.64. The number of nitrogens with zero attached hydrogens (tertiary/aromatic N) is 2. The van der Waals surface area contributed by atoms with Crippen molar-refractivity contribution in [2.24, 2.45) is 22.7 Å².